The van der Waals surface area contributed by atoms with Gasteiger partial charge in [-0.15, -0.1) is 0 Å². The van der Waals surface area contributed by atoms with Crippen LogP contribution in [0.5, 0.6) is 0 Å². The van der Waals surface area contributed by atoms with Crippen molar-refractivity contribution in [3.8, 4) is 0 Å². The number of rotatable bonds is 60. The Labute approximate surface area is 483 Å². The van der Waals surface area contributed by atoms with E-state index >= 15 is 0 Å². The Morgan fingerprint density at radius 1 is 0.269 bits per heavy atom. The Bertz CT molecular complexity index is 1530. The zero-order chi connectivity index (χ0) is 56.4. The van der Waals surface area contributed by atoms with Crippen LogP contribution in [-0.4, -0.2) is 37.2 Å². The molecule has 0 aliphatic heterocycles. The number of esters is 3. The first-order chi connectivity index (χ1) is 38.5. The van der Waals surface area contributed by atoms with Crippen LogP contribution in [-0.2, 0) is 28.6 Å². The van der Waals surface area contributed by atoms with Gasteiger partial charge in [0.1, 0.15) is 13.2 Å². The molecule has 1 atom stereocenters. The molecule has 0 heterocycles. The topological polar surface area (TPSA) is 78.9 Å². The van der Waals surface area contributed by atoms with Crippen molar-refractivity contribution in [1.82, 2.24) is 0 Å². The minimum Gasteiger partial charge on any atom is -0.462 e. The highest BCUT2D eigenvalue weighted by Crippen LogP contribution is 2.18. The molecule has 0 saturated carbocycles. The Morgan fingerprint density at radius 3 is 0.859 bits per heavy atom. The van der Waals surface area contributed by atoms with Crippen molar-refractivity contribution in [2.45, 2.75) is 329 Å². The van der Waals surface area contributed by atoms with E-state index in [2.05, 4.69) is 112 Å². The molecule has 6 heteroatoms. The molecule has 0 spiro atoms. The number of ether oxygens (including phenoxy) is 3. The third-order valence-corrected chi connectivity index (χ3v) is 14.3. The number of unbranched alkanes of at least 4 members (excludes halogenated alkanes) is 33. The Hall–Kier alpha value is -3.67. The van der Waals surface area contributed by atoms with Gasteiger partial charge in [-0.25, -0.2) is 0 Å². The number of carbonyl (C=O) groups is 3. The van der Waals surface area contributed by atoms with E-state index in [-0.39, 0.29) is 37.5 Å². The molecular weight excluding hydrogens is 961 g/mol. The molecule has 0 aromatic carbocycles. The second kappa shape index (κ2) is 65.8. The summed E-state index contributed by atoms with van der Waals surface area (Å²) in [5.74, 6) is -0.992. The molecule has 0 radical (unpaired) electrons. The van der Waals surface area contributed by atoms with Gasteiger partial charge in [0.05, 0.1) is 0 Å². The third-order valence-electron chi connectivity index (χ3n) is 14.3. The normalized spacial score (nSPS) is 12.7. The first-order valence-corrected chi connectivity index (χ1v) is 33.2. The van der Waals surface area contributed by atoms with E-state index in [1.165, 1.54) is 173 Å². The zero-order valence-corrected chi connectivity index (χ0v) is 51.4. The highest BCUT2D eigenvalue weighted by atomic mass is 16.6. The number of hydrogen-bond acceptors (Lipinski definition) is 6. The Kier molecular flexibility index (Phi) is 62.7. The predicted octanol–water partition coefficient (Wildman–Crippen LogP) is 22.8. The smallest absolute Gasteiger partial charge is 0.306 e. The second-order valence-electron chi connectivity index (χ2n) is 22.0. The monoisotopic (exact) mass is 1080 g/mol. The lowest BCUT2D eigenvalue weighted by Crippen LogP contribution is -2.30. The Morgan fingerprint density at radius 2 is 0.526 bits per heavy atom. The lowest BCUT2D eigenvalue weighted by molar-refractivity contribution is -0.166. The molecule has 0 aromatic rings. The van der Waals surface area contributed by atoms with E-state index in [9.17, 15) is 14.4 Å². The molecule has 1 unspecified atom stereocenters. The molecule has 0 N–H and O–H groups in total. The largest absolute Gasteiger partial charge is 0.462 e. The number of allylic oxidation sites excluding steroid dienone is 16. The minimum absolute atomic E-state index is 0.104. The summed E-state index contributed by atoms with van der Waals surface area (Å²) in [7, 11) is 0. The summed E-state index contributed by atoms with van der Waals surface area (Å²) in [6.45, 7) is 6.37. The standard InChI is InChI=1S/C72H124O6/c1-4-7-10-13-16-19-22-25-27-29-31-32-33-34-35-36-37-38-39-41-42-44-47-50-53-56-59-62-65-71(74)77-68-69(67-76-70(73)64-61-58-55-52-49-46-24-21-18-15-12-9-6-3)78-72(75)66-63-60-57-54-51-48-45-43-40-30-28-26-23-20-17-14-11-8-5-2/h8-9,11-12,17-18,20-21,26,28,40,43,46,49,55,58,69H,4-7,10,13-16,19,22-25,27,29-39,41-42,44-45,47-48,50-54,56-57,59-68H2,1-3H3/b11-8-,12-9-,20-17-,21-18-,28-26-,43-40-,49-46-,58-55-. The molecule has 78 heavy (non-hydrogen) atoms. The minimum atomic E-state index is -0.815. The van der Waals surface area contributed by atoms with Crippen molar-refractivity contribution in [3.63, 3.8) is 0 Å². The SMILES string of the molecule is CC/C=C\C/C=C\C/C=C\C/C=C\CCCCCCCCC(=O)OC(COC(=O)CC/C=C\C/C=C\C/C=C\C/C=C\CC)COC(=O)CCCCCCCCCCCCCCCCCCCCCCCCCCCCCC. The van der Waals surface area contributed by atoms with Gasteiger partial charge in [-0.1, -0.05) is 317 Å². The maximum atomic E-state index is 12.9. The molecule has 0 aromatic heterocycles. The maximum absolute atomic E-state index is 12.9. The summed E-state index contributed by atoms with van der Waals surface area (Å²) in [5.41, 5.74) is 0. The summed E-state index contributed by atoms with van der Waals surface area (Å²) in [5, 5.41) is 0. The van der Waals surface area contributed by atoms with E-state index in [1.54, 1.807) is 0 Å². The van der Waals surface area contributed by atoms with Crippen molar-refractivity contribution in [1.29, 1.82) is 0 Å². The van der Waals surface area contributed by atoms with Crippen LogP contribution in [0.25, 0.3) is 0 Å². The summed E-state index contributed by atoms with van der Waals surface area (Å²) in [6.07, 6.45) is 88.8. The van der Waals surface area contributed by atoms with E-state index in [1.807, 2.05) is 6.08 Å². The van der Waals surface area contributed by atoms with Crippen molar-refractivity contribution in [2.24, 2.45) is 0 Å². The van der Waals surface area contributed by atoms with E-state index in [0.29, 0.717) is 19.3 Å². The highest BCUT2D eigenvalue weighted by molar-refractivity contribution is 5.71. The molecule has 0 aliphatic rings. The third kappa shape index (κ3) is 63.2. The van der Waals surface area contributed by atoms with E-state index in [0.717, 1.165) is 103 Å². The summed E-state index contributed by atoms with van der Waals surface area (Å²) >= 11 is 0. The van der Waals surface area contributed by atoms with Crippen LogP contribution in [0.3, 0.4) is 0 Å². The molecule has 0 amide bonds. The quantitative estimate of drug-likeness (QED) is 0.0261. The maximum Gasteiger partial charge on any atom is 0.306 e. The molecule has 0 rings (SSSR count). The molecular formula is C72H124O6. The molecule has 0 saturated heterocycles. The van der Waals surface area contributed by atoms with Crippen LogP contribution in [0, 0.1) is 0 Å². The van der Waals surface area contributed by atoms with Gasteiger partial charge in [-0.05, 0) is 83.5 Å². The molecule has 0 bridgehead atoms. The van der Waals surface area contributed by atoms with Crippen molar-refractivity contribution >= 4 is 17.9 Å². The van der Waals surface area contributed by atoms with Crippen LogP contribution < -0.4 is 0 Å². The van der Waals surface area contributed by atoms with Crippen LogP contribution in [0.4, 0.5) is 0 Å². The average molecular weight is 1090 g/mol. The first kappa shape index (κ1) is 74.3. The average Bonchev–Trinajstić information content (AvgIpc) is 3.44. The molecule has 6 nitrogen and oxygen atoms in total. The fourth-order valence-electron chi connectivity index (χ4n) is 9.45. The Balaban J connectivity index is 4.28. The van der Waals surface area contributed by atoms with Gasteiger partial charge in [-0.2, -0.15) is 0 Å². The number of hydrogen-bond donors (Lipinski definition) is 0. The van der Waals surface area contributed by atoms with E-state index < -0.39 is 6.10 Å². The van der Waals surface area contributed by atoms with Crippen LogP contribution in [0.1, 0.15) is 323 Å². The summed E-state index contributed by atoms with van der Waals surface area (Å²) < 4.78 is 16.8. The van der Waals surface area contributed by atoms with Crippen LogP contribution in [0.2, 0.25) is 0 Å². The van der Waals surface area contributed by atoms with Gasteiger partial charge in [0.2, 0.25) is 0 Å². The summed E-state index contributed by atoms with van der Waals surface area (Å²) in [4.78, 5) is 38.3. The lowest BCUT2D eigenvalue weighted by Gasteiger charge is -2.18. The molecule has 0 fully saturated rings. The fraction of sp³-hybridized carbons (Fsp3) is 0.736. The van der Waals surface area contributed by atoms with Crippen molar-refractivity contribution < 1.29 is 28.6 Å². The van der Waals surface area contributed by atoms with E-state index in [4.69, 9.17) is 14.2 Å². The predicted molar refractivity (Wildman–Crippen MR) is 339 cm³/mol. The van der Waals surface area contributed by atoms with Gasteiger partial charge in [0.25, 0.3) is 0 Å². The van der Waals surface area contributed by atoms with Crippen molar-refractivity contribution in [3.05, 3.63) is 97.2 Å². The summed E-state index contributed by atoms with van der Waals surface area (Å²) in [6, 6.07) is 0. The second-order valence-corrected chi connectivity index (χ2v) is 22.0. The van der Waals surface area contributed by atoms with Gasteiger partial charge in [-0.3, -0.25) is 14.4 Å². The fourth-order valence-corrected chi connectivity index (χ4v) is 9.45. The number of carbonyl (C=O) groups excluding carboxylic acids is 3. The highest BCUT2D eigenvalue weighted by Gasteiger charge is 2.19. The van der Waals surface area contributed by atoms with Gasteiger partial charge in [0, 0.05) is 19.3 Å². The zero-order valence-electron chi connectivity index (χ0n) is 51.4. The lowest BCUT2D eigenvalue weighted by atomic mass is 10.0. The molecule has 448 valence electrons. The van der Waals surface area contributed by atoms with Gasteiger partial charge in [0.15, 0.2) is 6.10 Å². The van der Waals surface area contributed by atoms with Gasteiger partial charge >= 0.3 is 17.9 Å². The van der Waals surface area contributed by atoms with Gasteiger partial charge < -0.3 is 14.2 Å². The first-order valence-electron chi connectivity index (χ1n) is 33.2. The van der Waals surface area contributed by atoms with Crippen LogP contribution in [0.15, 0.2) is 97.2 Å². The van der Waals surface area contributed by atoms with Crippen molar-refractivity contribution in [2.75, 3.05) is 13.2 Å². The molecule has 0 aliphatic carbocycles. The van der Waals surface area contributed by atoms with Crippen LogP contribution >= 0.6 is 0 Å².